The first-order valence-corrected chi connectivity index (χ1v) is 9.88. The maximum Gasteiger partial charge on any atom is 0.243 e. The van der Waals surface area contributed by atoms with Crippen molar-refractivity contribution in [2.24, 2.45) is 0 Å². The third kappa shape index (κ3) is 6.50. The van der Waals surface area contributed by atoms with E-state index in [0.29, 0.717) is 31.5 Å². The monoisotopic (exact) mass is 393 g/mol. The molecular formula is C22H27N5O2. The molecule has 0 unspecified atom stereocenters. The predicted octanol–water partition coefficient (Wildman–Crippen LogP) is 3.19. The van der Waals surface area contributed by atoms with Gasteiger partial charge in [0.15, 0.2) is 0 Å². The molecule has 0 saturated heterocycles. The number of ether oxygens (including phenoxy) is 1. The van der Waals surface area contributed by atoms with E-state index in [0.717, 1.165) is 17.5 Å². The molecule has 0 aliphatic heterocycles. The highest BCUT2D eigenvalue weighted by Gasteiger charge is 2.09. The number of rotatable bonds is 10. The van der Waals surface area contributed by atoms with Crippen LogP contribution >= 0.6 is 0 Å². The van der Waals surface area contributed by atoms with Crippen LogP contribution in [0.5, 0.6) is 0 Å². The summed E-state index contributed by atoms with van der Waals surface area (Å²) in [5.74, 6) is 0.842. The van der Waals surface area contributed by atoms with Crippen LogP contribution in [0.15, 0.2) is 54.6 Å². The summed E-state index contributed by atoms with van der Waals surface area (Å²) in [6.07, 6.45) is 0.747. The third-order valence-corrected chi connectivity index (χ3v) is 4.47. The lowest BCUT2D eigenvalue weighted by Crippen LogP contribution is -2.29. The molecular weight excluding hydrogens is 366 g/mol. The molecule has 2 aromatic carbocycles. The van der Waals surface area contributed by atoms with Gasteiger partial charge >= 0.3 is 0 Å². The minimum atomic E-state index is -0.146. The summed E-state index contributed by atoms with van der Waals surface area (Å²) in [6.45, 7) is 6.06. The van der Waals surface area contributed by atoms with Gasteiger partial charge in [0.1, 0.15) is 6.54 Å². The van der Waals surface area contributed by atoms with Gasteiger partial charge in [0, 0.05) is 18.7 Å². The van der Waals surface area contributed by atoms with Crippen LogP contribution in [-0.4, -0.2) is 39.3 Å². The summed E-state index contributed by atoms with van der Waals surface area (Å²) >= 11 is 0. The van der Waals surface area contributed by atoms with Gasteiger partial charge in [0.2, 0.25) is 11.7 Å². The lowest BCUT2D eigenvalue weighted by Gasteiger charge is -2.06. The summed E-state index contributed by atoms with van der Waals surface area (Å²) in [5, 5.41) is 15.2. The Bertz CT molecular complexity index is 891. The number of hydrogen-bond donors (Lipinski definition) is 1. The smallest absolute Gasteiger partial charge is 0.243 e. The van der Waals surface area contributed by atoms with Gasteiger partial charge in [-0.15, -0.1) is 10.2 Å². The first kappa shape index (κ1) is 20.7. The second kappa shape index (κ2) is 10.5. The third-order valence-electron chi connectivity index (χ3n) is 4.47. The van der Waals surface area contributed by atoms with E-state index in [9.17, 15) is 4.79 Å². The molecule has 7 heteroatoms. The molecule has 1 amide bonds. The molecule has 0 radical (unpaired) electrons. The Hall–Kier alpha value is -3.06. The van der Waals surface area contributed by atoms with E-state index >= 15 is 0 Å². The van der Waals surface area contributed by atoms with E-state index in [1.807, 2.05) is 42.5 Å². The Balaban J connectivity index is 1.36. The van der Waals surface area contributed by atoms with E-state index in [4.69, 9.17) is 4.74 Å². The van der Waals surface area contributed by atoms with Gasteiger partial charge in [0.05, 0.1) is 6.61 Å². The van der Waals surface area contributed by atoms with E-state index < -0.39 is 0 Å². The van der Waals surface area contributed by atoms with Crippen molar-refractivity contribution in [1.82, 2.24) is 25.5 Å². The summed E-state index contributed by atoms with van der Waals surface area (Å²) in [4.78, 5) is 13.4. The van der Waals surface area contributed by atoms with Crippen LogP contribution < -0.4 is 5.32 Å². The summed E-state index contributed by atoms with van der Waals surface area (Å²) in [5.41, 5.74) is 3.29. The Morgan fingerprint density at radius 1 is 1.10 bits per heavy atom. The fourth-order valence-electron chi connectivity index (χ4n) is 2.79. The van der Waals surface area contributed by atoms with E-state index in [-0.39, 0.29) is 12.5 Å². The van der Waals surface area contributed by atoms with Crippen molar-refractivity contribution in [2.45, 2.75) is 39.3 Å². The molecule has 0 aliphatic rings. The molecule has 7 nitrogen and oxygen atoms in total. The Labute approximate surface area is 171 Å². The van der Waals surface area contributed by atoms with Crippen LogP contribution in [0.2, 0.25) is 0 Å². The van der Waals surface area contributed by atoms with E-state index in [2.05, 4.69) is 46.7 Å². The number of nitrogens with zero attached hydrogens (tertiary/aromatic N) is 4. The molecule has 1 N–H and O–H groups in total. The van der Waals surface area contributed by atoms with Crippen molar-refractivity contribution in [3.63, 3.8) is 0 Å². The fourth-order valence-corrected chi connectivity index (χ4v) is 2.79. The summed E-state index contributed by atoms with van der Waals surface area (Å²) in [7, 11) is 0. The first-order valence-electron chi connectivity index (χ1n) is 9.88. The average Bonchev–Trinajstić information content (AvgIpc) is 3.20. The molecule has 0 atom stereocenters. The molecule has 0 bridgehead atoms. The largest absolute Gasteiger partial charge is 0.377 e. The Morgan fingerprint density at radius 3 is 2.59 bits per heavy atom. The van der Waals surface area contributed by atoms with Crippen molar-refractivity contribution in [1.29, 1.82) is 0 Å². The molecule has 0 aliphatic carbocycles. The maximum absolute atomic E-state index is 12.1. The van der Waals surface area contributed by atoms with Crippen LogP contribution in [0.25, 0.3) is 11.4 Å². The van der Waals surface area contributed by atoms with Crippen LogP contribution in [0.4, 0.5) is 0 Å². The number of benzene rings is 2. The number of amides is 1. The van der Waals surface area contributed by atoms with Gasteiger partial charge in [0.25, 0.3) is 0 Å². The maximum atomic E-state index is 12.1. The molecule has 0 saturated carbocycles. The standard InChI is InChI=1S/C22H27N5O2/c1-17(2)19-9-11-20(12-10-19)22-24-26-27(25-22)15-21(28)23-13-6-14-29-16-18-7-4-3-5-8-18/h3-5,7-12,17H,6,13-16H2,1-2H3,(H,23,28). The van der Waals surface area contributed by atoms with Gasteiger partial charge in [-0.3, -0.25) is 4.79 Å². The highest BCUT2D eigenvalue weighted by Crippen LogP contribution is 2.19. The lowest BCUT2D eigenvalue weighted by atomic mass is 10.0. The molecule has 1 heterocycles. The normalized spacial score (nSPS) is 11.0. The minimum absolute atomic E-state index is 0.0436. The molecule has 152 valence electrons. The Morgan fingerprint density at radius 2 is 1.86 bits per heavy atom. The quantitative estimate of drug-likeness (QED) is 0.535. The van der Waals surface area contributed by atoms with Crippen LogP contribution in [0.1, 0.15) is 37.3 Å². The number of carbonyl (C=O) groups is 1. The van der Waals surface area contributed by atoms with Gasteiger partial charge in [-0.2, -0.15) is 4.80 Å². The molecule has 0 fully saturated rings. The topological polar surface area (TPSA) is 81.9 Å². The highest BCUT2D eigenvalue weighted by molar-refractivity contribution is 5.75. The zero-order chi connectivity index (χ0) is 20.5. The number of hydrogen-bond acceptors (Lipinski definition) is 5. The number of tetrazole rings is 1. The van der Waals surface area contributed by atoms with E-state index in [1.165, 1.54) is 10.4 Å². The highest BCUT2D eigenvalue weighted by atomic mass is 16.5. The van der Waals surface area contributed by atoms with Crippen molar-refractivity contribution in [3.8, 4) is 11.4 Å². The number of carbonyl (C=O) groups excluding carboxylic acids is 1. The second-order valence-corrected chi connectivity index (χ2v) is 7.16. The number of nitrogens with one attached hydrogen (secondary N) is 1. The predicted molar refractivity (Wildman–Crippen MR) is 111 cm³/mol. The molecule has 29 heavy (non-hydrogen) atoms. The fraction of sp³-hybridized carbons (Fsp3) is 0.364. The average molecular weight is 393 g/mol. The number of aromatic nitrogens is 4. The zero-order valence-corrected chi connectivity index (χ0v) is 16.9. The molecule has 1 aromatic heterocycles. The van der Waals surface area contributed by atoms with Crippen LogP contribution in [0, 0.1) is 0 Å². The van der Waals surface area contributed by atoms with E-state index in [1.54, 1.807) is 0 Å². The molecule has 3 aromatic rings. The van der Waals surface area contributed by atoms with Crippen molar-refractivity contribution < 1.29 is 9.53 Å². The Kier molecular flexibility index (Phi) is 7.47. The SMILES string of the molecule is CC(C)c1ccc(-c2nnn(CC(=O)NCCCOCc3ccccc3)n2)cc1. The van der Waals surface area contributed by atoms with Crippen molar-refractivity contribution in [2.75, 3.05) is 13.2 Å². The summed E-state index contributed by atoms with van der Waals surface area (Å²) < 4.78 is 5.60. The van der Waals surface area contributed by atoms with Crippen molar-refractivity contribution >= 4 is 5.91 Å². The summed E-state index contributed by atoms with van der Waals surface area (Å²) in [6, 6.07) is 18.1. The van der Waals surface area contributed by atoms with Gasteiger partial charge in [-0.25, -0.2) is 0 Å². The van der Waals surface area contributed by atoms with Gasteiger partial charge in [-0.05, 0) is 28.7 Å². The van der Waals surface area contributed by atoms with Crippen LogP contribution in [0.3, 0.4) is 0 Å². The van der Waals surface area contributed by atoms with Crippen molar-refractivity contribution in [3.05, 3.63) is 65.7 Å². The van der Waals surface area contributed by atoms with Crippen LogP contribution in [-0.2, 0) is 22.7 Å². The zero-order valence-electron chi connectivity index (χ0n) is 16.9. The van der Waals surface area contributed by atoms with Gasteiger partial charge < -0.3 is 10.1 Å². The first-order chi connectivity index (χ1) is 14.1. The minimum Gasteiger partial charge on any atom is -0.377 e. The van der Waals surface area contributed by atoms with Gasteiger partial charge in [-0.1, -0.05) is 68.4 Å². The second-order valence-electron chi connectivity index (χ2n) is 7.16. The lowest BCUT2D eigenvalue weighted by molar-refractivity contribution is -0.122. The molecule has 3 rings (SSSR count). The molecule has 0 spiro atoms.